The van der Waals surface area contributed by atoms with Crippen LogP contribution in [0.4, 0.5) is 0 Å². The van der Waals surface area contributed by atoms with Gasteiger partial charge in [0.1, 0.15) is 0 Å². The molecule has 0 aliphatic carbocycles. The Morgan fingerprint density at radius 1 is 1.13 bits per heavy atom. The van der Waals surface area contributed by atoms with Crippen LogP contribution in [0.5, 0.6) is 0 Å². The van der Waals surface area contributed by atoms with E-state index in [0.717, 1.165) is 0 Å². The summed E-state index contributed by atoms with van der Waals surface area (Å²) >= 11 is 3.61. The summed E-state index contributed by atoms with van der Waals surface area (Å²) in [6.07, 6.45) is 0. The first kappa shape index (κ1) is 10.7. The van der Waals surface area contributed by atoms with E-state index in [9.17, 15) is 0 Å². The molecule has 1 heterocycles. The second-order valence-electron chi connectivity index (χ2n) is 3.18. The molecule has 0 saturated carbocycles. The molecule has 0 spiro atoms. The van der Waals surface area contributed by atoms with E-state index in [4.69, 9.17) is 5.73 Å². The maximum absolute atomic E-state index is 5.81. The van der Waals surface area contributed by atoms with E-state index in [2.05, 4.69) is 41.8 Å². The van der Waals surface area contributed by atoms with Crippen LogP contribution in [0.2, 0.25) is 0 Å². The fourth-order valence-corrected chi connectivity index (χ4v) is 3.40. The number of hydrogen-bond donors (Lipinski definition) is 1. The van der Waals surface area contributed by atoms with Gasteiger partial charge in [-0.1, -0.05) is 36.4 Å². The van der Waals surface area contributed by atoms with Crippen molar-refractivity contribution in [2.24, 2.45) is 5.73 Å². The maximum Gasteiger partial charge on any atom is 0.0604 e. The highest BCUT2D eigenvalue weighted by atomic mass is 32.2. The van der Waals surface area contributed by atoms with E-state index in [-0.39, 0.29) is 0 Å². The first-order chi connectivity index (χ1) is 7.40. The third kappa shape index (κ3) is 2.84. The standard InChI is InChI=1S/C12H13NS2/c13-9-11(10-5-2-1-3-6-10)15-12-7-4-8-14-12/h1-8,11H,9,13H2. The van der Waals surface area contributed by atoms with Gasteiger partial charge in [0.05, 0.1) is 4.21 Å². The topological polar surface area (TPSA) is 26.0 Å². The van der Waals surface area contributed by atoms with Gasteiger partial charge in [-0.25, -0.2) is 0 Å². The van der Waals surface area contributed by atoms with Gasteiger partial charge in [0, 0.05) is 11.8 Å². The molecule has 0 bridgehead atoms. The normalized spacial score (nSPS) is 12.6. The van der Waals surface area contributed by atoms with Crippen molar-refractivity contribution in [1.29, 1.82) is 0 Å². The van der Waals surface area contributed by atoms with Crippen molar-refractivity contribution >= 4 is 23.1 Å². The Labute approximate surface area is 98.3 Å². The third-order valence-electron chi connectivity index (χ3n) is 2.14. The highest BCUT2D eigenvalue weighted by molar-refractivity contribution is 8.01. The lowest BCUT2D eigenvalue weighted by Gasteiger charge is -2.13. The molecule has 3 heteroatoms. The second-order valence-corrected chi connectivity index (χ2v) is 5.64. The van der Waals surface area contributed by atoms with Gasteiger partial charge in [0.25, 0.3) is 0 Å². The van der Waals surface area contributed by atoms with Crippen molar-refractivity contribution < 1.29 is 0 Å². The smallest absolute Gasteiger partial charge is 0.0604 e. The lowest BCUT2D eigenvalue weighted by Crippen LogP contribution is -2.08. The monoisotopic (exact) mass is 235 g/mol. The summed E-state index contributed by atoms with van der Waals surface area (Å²) < 4.78 is 1.33. The Balaban J connectivity index is 2.12. The number of benzene rings is 1. The molecule has 2 N–H and O–H groups in total. The van der Waals surface area contributed by atoms with E-state index in [1.165, 1.54) is 9.77 Å². The van der Waals surface area contributed by atoms with Gasteiger partial charge in [0.15, 0.2) is 0 Å². The summed E-state index contributed by atoms with van der Waals surface area (Å²) in [4.78, 5) is 0. The van der Waals surface area contributed by atoms with Gasteiger partial charge in [-0.2, -0.15) is 0 Å². The first-order valence-corrected chi connectivity index (χ1v) is 6.61. The molecule has 1 aromatic heterocycles. The molecule has 0 amide bonds. The molecule has 1 atom stereocenters. The summed E-state index contributed by atoms with van der Waals surface area (Å²) in [5, 5.41) is 2.46. The molecule has 2 rings (SSSR count). The SMILES string of the molecule is NCC(Sc1cccs1)c1ccccc1. The summed E-state index contributed by atoms with van der Waals surface area (Å²) in [6, 6.07) is 14.6. The Hall–Kier alpha value is -0.770. The van der Waals surface area contributed by atoms with E-state index in [0.29, 0.717) is 11.8 Å². The summed E-state index contributed by atoms with van der Waals surface area (Å²) in [5.74, 6) is 0. The lowest BCUT2D eigenvalue weighted by atomic mass is 10.1. The van der Waals surface area contributed by atoms with Crippen LogP contribution >= 0.6 is 23.1 Å². The number of hydrogen-bond acceptors (Lipinski definition) is 3. The van der Waals surface area contributed by atoms with Gasteiger partial charge < -0.3 is 5.73 Å². The quantitative estimate of drug-likeness (QED) is 0.820. The minimum atomic E-state index is 0.366. The molecular weight excluding hydrogens is 222 g/mol. The number of thiophene rings is 1. The molecule has 0 radical (unpaired) electrons. The van der Waals surface area contributed by atoms with Crippen LogP contribution in [0.15, 0.2) is 52.1 Å². The molecule has 78 valence electrons. The maximum atomic E-state index is 5.81. The van der Waals surface area contributed by atoms with Crippen molar-refractivity contribution in [3.05, 3.63) is 53.4 Å². The molecule has 1 nitrogen and oxygen atoms in total. The Bertz CT molecular complexity index is 383. The predicted molar refractivity (Wildman–Crippen MR) is 68.4 cm³/mol. The summed E-state index contributed by atoms with van der Waals surface area (Å²) in [5.41, 5.74) is 7.11. The fraction of sp³-hybridized carbons (Fsp3) is 0.167. The number of thioether (sulfide) groups is 1. The van der Waals surface area contributed by atoms with E-state index in [1.807, 2.05) is 17.8 Å². The summed E-state index contributed by atoms with van der Waals surface area (Å²) in [6.45, 7) is 0.673. The van der Waals surface area contributed by atoms with Crippen molar-refractivity contribution in [2.45, 2.75) is 9.46 Å². The number of nitrogens with two attached hydrogens (primary N) is 1. The van der Waals surface area contributed by atoms with Gasteiger partial charge in [-0.15, -0.1) is 23.1 Å². The largest absolute Gasteiger partial charge is 0.329 e. The molecule has 1 aromatic carbocycles. The van der Waals surface area contributed by atoms with Gasteiger partial charge in [-0.3, -0.25) is 0 Å². The molecule has 1 unspecified atom stereocenters. The Morgan fingerprint density at radius 2 is 1.93 bits per heavy atom. The highest BCUT2D eigenvalue weighted by Crippen LogP contribution is 2.36. The number of rotatable bonds is 4. The first-order valence-electron chi connectivity index (χ1n) is 4.85. The minimum Gasteiger partial charge on any atom is -0.329 e. The van der Waals surface area contributed by atoms with Crippen molar-refractivity contribution in [1.82, 2.24) is 0 Å². The van der Waals surface area contributed by atoms with Crippen molar-refractivity contribution in [2.75, 3.05) is 6.54 Å². The average Bonchev–Trinajstić information content (AvgIpc) is 2.80. The second kappa shape index (κ2) is 5.35. The molecule has 2 aromatic rings. The average molecular weight is 235 g/mol. The highest BCUT2D eigenvalue weighted by Gasteiger charge is 2.10. The van der Waals surface area contributed by atoms with Crippen LogP contribution in [-0.2, 0) is 0 Å². The molecule has 0 aliphatic heterocycles. The van der Waals surface area contributed by atoms with Crippen LogP contribution in [0.1, 0.15) is 10.8 Å². The molecule has 15 heavy (non-hydrogen) atoms. The zero-order chi connectivity index (χ0) is 10.5. The lowest BCUT2D eigenvalue weighted by molar-refractivity contribution is 0.942. The Morgan fingerprint density at radius 3 is 2.53 bits per heavy atom. The van der Waals surface area contributed by atoms with Gasteiger partial charge in [-0.05, 0) is 17.0 Å². The zero-order valence-corrected chi connectivity index (χ0v) is 9.93. The van der Waals surface area contributed by atoms with Crippen molar-refractivity contribution in [3.63, 3.8) is 0 Å². The molecular formula is C12H13NS2. The van der Waals surface area contributed by atoms with Crippen molar-refractivity contribution in [3.8, 4) is 0 Å². The van der Waals surface area contributed by atoms with E-state index >= 15 is 0 Å². The molecule has 0 saturated heterocycles. The minimum absolute atomic E-state index is 0.366. The van der Waals surface area contributed by atoms with Gasteiger partial charge >= 0.3 is 0 Å². The molecule has 0 fully saturated rings. The fourth-order valence-electron chi connectivity index (χ4n) is 1.39. The molecule has 0 aliphatic rings. The van der Waals surface area contributed by atoms with Crippen LogP contribution in [0, 0.1) is 0 Å². The summed E-state index contributed by atoms with van der Waals surface area (Å²) in [7, 11) is 0. The zero-order valence-electron chi connectivity index (χ0n) is 8.30. The third-order valence-corrected chi connectivity index (χ3v) is 4.50. The van der Waals surface area contributed by atoms with Crippen LogP contribution < -0.4 is 5.73 Å². The van der Waals surface area contributed by atoms with E-state index in [1.54, 1.807) is 11.3 Å². The van der Waals surface area contributed by atoms with Crippen LogP contribution in [0.3, 0.4) is 0 Å². The predicted octanol–water partition coefficient (Wildman–Crippen LogP) is 3.54. The van der Waals surface area contributed by atoms with Crippen LogP contribution in [-0.4, -0.2) is 6.54 Å². The van der Waals surface area contributed by atoms with Gasteiger partial charge in [0.2, 0.25) is 0 Å². The van der Waals surface area contributed by atoms with E-state index < -0.39 is 0 Å². The Kier molecular flexibility index (Phi) is 3.83. The van der Waals surface area contributed by atoms with Crippen LogP contribution in [0.25, 0.3) is 0 Å².